The molecule has 1 aliphatic rings. The summed E-state index contributed by atoms with van der Waals surface area (Å²) in [6.07, 6.45) is 0.461. The third-order valence-corrected chi connectivity index (χ3v) is 3.72. The third kappa shape index (κ3) is 2.27. The standard InChI is InChI=1S/C10H10ClNO2S/c11-6-1-2-7-9(5-6)15-8(3-4-13)10(14)12-7/h1-2,5,8,13H,3-4H2,(H,12,14)/t8-/m0/s1. The highest BCUT2D eigenvalue weighted by molar-refractivity contribution is 8.01. The van der Waals surface area contributed by atoms with Crippen LogP contribution in [0.1, 0.15) is 6.42 Å². The van der Waals surface area contributed by atoms with Crippen molar-refractivity contribution < 1.29 is 9.90 Å². The molecule has 1 aromatic carbocycles. The molecule has 80 valence electrons. The Morgan fingerprint density at radius 2 is 2.33 bits per heavy atom. The summed E-state index contributed by atoms with van der Waals surface area (Å²) in [5.41, 5.74) is 0.795. The summed E-state index contributed by atoms with van der Waals surface area (Å²) in [6.45, 7) is 0.0149. The molecule has 0 unspecified atom stereocenters. The number of halogens is 1. The first-order valence-electron chi connectivity index (χ1n) is 4.58. The van der Waals surface area contributed by atoms with Crippen LogP contribution < -0.4 is 5.32 Å². The molecule has 1 atom stereocenters. The van der Waals surface area contributed by atoms with E-state index < -0.39 is 0 Å². The van der Waals surface area contributed by atoms with E-state index in [1.165, 1.54) is 11.8 Å². The molecule has 0 aliphatic carbocycles. The van der Waals surface area contributed by atoms with Crippen LogP contribution in [0.5, 0.6) is 0 Å². The average molecular weight is 244 g/mol. The molecule has 1 amide bonds. The number of hydrogen-bond donors (Lipinski definition) is 2. The van der Waals surface area contributed by atoms with Crippen LogP contribution in [0.2, 0.25) is 5.02 Å². The number of amides is 1. The number of fused-ring (bicyclic) bond motifs is 1. The molecule has 3 nitrogen and oxygen atoms in total. The van der Waals surface area contributed by atoms with Crippen LogP contribution >= 0.6 is 23.4 Å². The number of anilines is 1. The SMILES string of the molecule is O=C1Nc2ccc(Cl)cc2S[C@H]1CCO. The van der Waals surface area contributed by atoms with Gasteiger partial charge in [-0.2, -0.15) is 0 Å². The molecule has 0 bridgehead atoms. The Balaban J connectivity index is 2.26. The Morgan fingerprint density at radius 3 is 3.07 bits per heavy atom. The summed E-state index contributed by atoms with van der Waals surface area (Å²) in [7, 11) is 0. The van der Waals surface area contributed by atoms with E-state index in [0.29, 0.717) is 11.4 Å². The van der Waals surface area contributed by atoms with Gasteiger partial charge in [0, 0.05) is 16.5 Å². The first-order chi connectivity index (χ1) is 7.20. The summed E-state index contributed by atoms with van der Waals surface area (Å²) in [5, 5.41) is 12.0. The lowest BCUT2D eigenvalue weighted by molar-refractivity contribution is -0.116. The number of aliphatic hydroxyl groups is 1. The van der Waals surface area contributed by atoms with E-state index in [9.17, 15) is 4.79 Å². The summed E-state index contributed by atoms with van der Waals surface area (Å²) in [6, 6.07) is 5.36. The van der Waals surface area contributed by atoms with Gasteiger partial charge in [0.2, 0.25) is 5.91 Å². The maximum absolute atomic E-state index is 11.6. The highest BCUT2D eigenvalue weighted by Crippen LogP contribution is 2.38. The van der Waals surface area contributed by atoms with Gasteiger partial charge in [0.25, 0.3) is 0 Å². The number of carbonyl (C=O) groups excluding carboxylic acids is 1. The largest absolute Gasteiger partial charge is 0.396 e. The van der Waals surface area contributed by atoms with Crippen molar-refractivity contribution >= 4 is 35.0 Å². The molecule has 15 heavy (non-hydrogen) atoms. The van der Waals surface area contributed by atoms with Gasteiger partial charge in [0.05, 0.1) is 10.9 Å². The zero-order valence-electron chi connectivity index (χ0n) is 7.87. The zero-order valence-corrected chi connectivity index (χ0v) is 9.44. The Kier molecular flexibility index (Phi) is 3.19. The van der Waals surface area contributed by atoms with Crippen molar-refractivity contribution in [2.75, 3.05) is 11.9 Å². The van der Waals surface area contributed by atoms with Gasteiger partial charge in [-0.25, -0.2) is 0 Å². The topological polar surface area (TPSA) is 49.3 Å². The van der Waals surface area contributed by atoms with Crippen molar-refractivity contribution in [2.45, 2.75) is 16.6 Å². The highest BCUT2D eigenvalue weighted by atomic mass is 35.5. The van der Waals surface area contributed by atoms with Crippen LogP contribution in [0.15, 0.2) is 23.1 Å². The molecule has 0 saturated heterocycles. The summed E-state index contributed by atoms with van der Waals surface area (Å²) < 4.78 is 0. The number of carbonyl (C=O) groups is 1. The van der Waals surface area contributed by atoms with Crippen LogP contribution in [-0.2, 0) is 4.79 Å². The lowest BCUT2D eigenvalue weighted by Crippen LogP contribution is -2.29. The quantitative estimate of drug-likeness (QED) is 0.837. The molecule has 5 heteroatoms. The Morgan fingerprint density at radius 1 is 1.53 bits per heavy atom. The average Bonchev–Trinajstić information content (AvgIpc) is 2.20. The minimum atomic E-state index is -0.221. The van der Waals surface area contributed by atoms with Crippen LogP contribution in [0, 0.1) is 0 Å². The number of thioether (sulfide) groups is 1. The molecule has 2 rings (SSSR count). The van der Waals surface area contributed by atoms with Gasteiger partial charge in [-0.1, -0.05) is 11.6 Å². The molecule has 2 N–H and O–H groups in total. The van der Waals surface area contributed by atoms with Crippen LogP contribution in [-0.4, -0.2) is 22.9 Å². The van der Waals surface area contributed by atoms with Gasteiger partial charge in [0.1, 0.15) is 0 Å². The van der Waals surface area contributed by atoms with Gasteiger partial charge in [-0.3, -0.25) is 4.79 Å². The van der Waals surface area contributed by atoms with Gasteiger partial charge >= 0.3 is 0 Å². The lowest BCUT2D eigenvalue weighted by atomic mass is 10.2. The number of hydrogen-bond acceptors (Lipinski definition) is 3. The predicted octanol–water partition coefficient (Wildman–Crippen LogP) is 2.14. The highest BCUT2D eigenvalue weighted by Gasteiger charge is 2.26. The van der Waals surface area contributed by atoms with Gasteiger partial charge in [-0.15, -0.1) is 11.8 Å². The first-order valence-corrected chi connectivity index (χ1v) is 5.84. The third-order valence-electron chi connectivity index (χ3n) is 2.15. The van der Waals surface area contributed by atoms with Gasteiger partial charge in [0.15, 0.2) is 0 Å². The molecular formula is C10H10ClNO2S. The monoisotopic (exact) mass is 243 g/mol. The second-order valence-electron chi connectivity index (χ2n) is 3.25. The van der Waals surface area contributed by atoms with E-state index in [4.69, 9.17) is 16.7 Å². The number of benzene rings is 1. The van der Waals surface area contributed by atoms with E-state index >= 15 is 0 Å². The Hall–Kier alpha value is -0.710. The van der Waals surface area contributed by atoms with Gasteiger partial charge in [-0.05, 0) is 24.6 Å². The van der Waals surface area contributed by atoms with E-state index in [1.54, 1.807) is 12.1 Å². The van der Waals surface area contributed by atoms with Crippen molar-refractivity contribution in [3.05, 3.63) is 23.2 Å². The predicted molar refractivity (Wildman–Crippen MR) is 61.4 cm³/mol. The maximum atomic E-state index is 11.6. The normalized spacial score (nSPS) is 19.6. The fourth-order valence-corrected chi connectivity index (χ4v) is 2.80. The fraction of sp³-hybridized carbons (Fsp3) is 0.300. The molecule has 0 saturated carbocycles. The lowest BCUT2D eigenvalue weighted by Gasteiger charge is -2.23. The van der Waals surface area contributed by atoms with E-state index in [0.717, 1.165) is 10.6 Å². The Bertz CT molecular complexity index is 397. The van der Waals surface area contributed by atoms with Crippen LogP contribution in [0.4, 0.5) is 5.69 Å². The number of rotatable bonds is 2. The molecule has 0 fully saturated rings. The van der Waals surface area contributed by atoms with Crippen molar-refractivity contribution in [1.82, 2.24) is 0 Å². The molecule has 1 heterocycles. The maximum Gasteiger partial charge on any atom is 0.237 e. The smallest absolute Gasteiger partial charge is 0.237 e. The van der Waals surface area contributed by atoms with Crippen molar-refractivity contribution in [2.24, 2.45) is 0 Å². The summed E-state index contributed by atoms with van der Waals surface area (Å²) in [4.78, 5) is 12.5. The van der Waals surface area contributed by atoms with Crippen molar-refractivity contribution in [1.29, 1.82) is 0 Å². The minimum Gasteiger partial charge on any atom is -0.396 e. The van der Waals surface area contributed by atoms with Crippen molar-refractivity contribution in [3.63, 3.8) is 0 Å². The number of aliphatic hydroxyl groups excluding tert-OH is 1. The first kappa shape index (κ1) is 10.8. The van der Waals surface area contributed by atoms with Crippen LogP contribution in [0.25, 0.3) is 0 Å². The summed E-state index contributed by atoms with van der Waals surface area (Å²) >= 11 is 7.31. The molecule has 0 aromatic heterocycles. The zero-order chi connectivity index (χ0) is 10.8. The van der Waals surface area contributed by atoms with Crippen molar-refractivity contribution in [3.8, 4) is 0 Å². The number of nitrogens with one attached hydrogen (secondary N) is 1. The minimum absolute atomic E-state index is 0.0149. The molecule has 1 aromatic rings. The molecule has 0 spiro atoms. The molecular weight excluding hydrogens is 234 g/mol. The second-order valence-corrected chi connectivity index (χ2v) is 4.93. The van der Waals surface area contributed by atoms with Gasteiger partial charge < -0.3 is 10.4 Å². The van der Waals surface area contributed by atoms with E-state index in [2.05, 4.69) is 5.32 Å². The molecule has 1 aliphatic heterocycles. The fourth-order valence-electron chi connectivity index (χ4n) is 1.42. The molecule has 0 radical (unpaired) electrons. The second kappa shape index (κ2) is 4.43. The van der Waals surface area contributed by atoms with Crippen LogP contribution in [0.3, 0.4) is 0 Å². The van der Waals surface area contributed by atoms with E-state index in [-0.39, 0.29) is 17.8 Å². The Labute approximate surface area is 96.8 Å². The van der Waals surface area contributed by atoms with E-state index in [1.807, 2.05) is 6.07 Å². The summed E-state index contributed by atoms with van der Waals surface area (Å²) in [5.74, 6) is -0.0520.